The van der Waals surface area contributed by atoms with E-state index in [4.69, 9.17) is 5.73 Å². The summed E-state index contributed by atoms with van der Waals surface area (Å²) in [5.41, 5.74) is 5.37. The van der Waals surface area contributed by atoms with Gasteiger partial charge in [0.2, 0.25) is 0 Å². The van der Waals surface area contributed by atoms with Crippen molar-refractivity contribution >= 4 is 0 Å². The van der Waals surface area contributed by atoms with Crippen LogP contribution < -0.4 is 11.1 Å². The minimum absolute atomic E-state index is 0. The van der Waals surface area contributed by atoms with Gasteiger partial charge in [0.25, 0.3) is 0 Å². The fourth-order valence-electron chi connectivity index (χ4n) is 0.474. The molecule has 0 saturated heterocycles. The summed E-state index contributed by atoms with van der Waals surface area (Å²) in [6.07, 6.45) is 0. The highest BCUT2D eigenvalue weighted by Gasteiger charge is 1.93. The summed E-state index contributed by atoms with van der Waals surface area (Å²) >= 11 is 0. The smallest absolute Gasteiger partial charge is 0.00112 e. The fourth-order valence-corrected chi connectivity index (χ4v) is 0.474. The molecule has 0 amide bonds. The molecule has 0 bridgehead atoms. The summed E-state index contributed by atoms with van der Waals surface area (Å²) in [5.74, 6) is 0.620. The van der Waals surface area contributed by atoms with Crippen LogP contribution in [0, 0.1) is 5.92 Å². The number of hydrogen-bond donors (Lipinski definition) is 2. The Hall–Kier alpha value is -0.0800. The van der Waals surface area contributed by atoms with Gasteiger partial charge >= 0.3 is 0 Å². The van der Waals surface area contributed by atoms with Crippen LogP contribution >= 0.6 is 0 Å². The van der Waals surface area contributed by atoms with E-state index < -0.39 is 0 Å². The predicted molar refractivity (Wildman–Crippen MR) is 43.5 cm³/mol. The molecule has 1 unspecified atom stereocenters. The van der Waals surface area contributed by atoms with E-state index in [-0.39, 0.29) is 7.43 Å². The van der Waals surface area contributed by atoms with Crippen molar-refractivity contribution in [2.45, 2.75) is 21.3 Å². The SMILES string of the molecule is C.CCNCC(C)CN. The molecule has 0 aliphatic rings. The number of rotatable bonds is 4. The molecule has 1 atom stereocenters. The Kier molecular flexibility index (Phi) is 10.3. The lowest BCUT2D eigenvalue weighted by Crippen LogP contribution is -2.25. The molecular formula is C7H20N2. The molecule has 0 heterocycles. The lowest BCUT2D eigenvalue weighted by Gasteiger charge is -2.06. The normalized spacial score (nSPS) is 12.3. The van der Waals surface area contributed by atoms with Gasteiger partial charge in [-0.15, -0.1) is 0 Å². The molecule has 0 radical (unpaired) electrons. The monoisotopic (exact) mass is 132 g/mol. The Labute approximate surface area is 58.8 Å². The zero-order chi connectivity index (χ0) is 6.41. The summed E-state index contributed by atoms with van der Waals surface area (Å²) in [4.78, 5) is 0. The summed E-state index contributed by atoms with van der Waals surface area (Å²) < 4.78 is 0. The number of hydrogen-bond acceptors (Lipinski definition) is 2. The second-order valence-electron chi connectivity index (χ2n) is 2.15. The van der Waals surface area contributed by atoms with Crippen molar-refractivity contribution in [1.29, 1.82) is 0 Å². The lowest BCUT2D eigenvalue weighted by atomic mass is 10.2. The van der Waals surface area contributed by atoms with E-state index in [0.29, 0.717) is 5.92 Å². The first-order valence-electron chi connectivity index (χ1n) is 3.22. The van der Waals surface area contributed by atoms with E-state index >= 15 is 0 Å². The van der Waals surface area contributed by atoms with Gasteiger partial charge in [-0.05, 0) is 25.6 Å². The number of nitrogens with one attached hydrogen (secondary N) is 1. The second kappa shape index (κ2) is 7.92. The maximum absolute atomic E-state index is 5.37. The highest BCUT2D eigenvalue weighted by Crippen LogP contribution is 1.84. The molecule has 0 spiro atoms. The number of nitrogens with two attached hydrogens (primary N) is 1. The van der Waals surface area contributed by atoms with Gasteiger partial charge in [0.05, 0.1) is 0 Å². The fraction of sp³-hybridized carbons (Fsp3) is 1.00. The van der Waals surface area contributed by atoms with Gasteiger partial charge in [-0.2, -0.15) is 0 Å². The molecule has 0 rings (SSSR count). The van der Waals surface area contributed by atoms with Crippen LogP contribution in [0.15, 0.2) is 0 Å². The minimum Gasteiger partial charge on any atom is -0.330 e. The molecule has 2 nitrogen and oxygen atoms in total. The molecular weight excluding hydrogens is 112 g/mol. The molecule has 3 N–H and O–H groups in total. The Morgan fingerprint density at radius 2 is 2.11 bits per heavy atom. The lowest BCUT2D eigenvalue weighted by molar-refractivity contribution is 0.533. The third kappa shape index (κ3) is 7.92. The van der Waals surface area contributed by atoms with Crippen LogP contribution in [0.25, 0.3) is 0 Å². The van der Waals surface area contributed by atoms with E-state index in [0.717, 1.165) is 19.6 Å². The van der Waals surface area contributed by atoms with Gasteiger partial charge in [0.15, 0.2) is 0 Å². The molecule has 0 saturated carbocycles. The second-order valence-corrected chi connectivity index (χ2v) is 2.15. The zero-order valence-corrected chi connectivity index (χ0v) is 5.78. The highest BCUT2D eigenvalue weighted by atomic mass is 14.8. The maximum atomic E-state index is 5.37. The zero-order valence-electron chi connectivity index (χ0n) is 5.78. The van der Waals surface area contributed by atoms with Crippen molar-refractivity contribution in [3.05, 3.63) is 0 Å². The highest BCUT2D eigenvalue weighted by molar-refractivity contribution is 4.54. The van der Waals surface area contributed by atoms with Crippen LogP contribution in [0.4, 0.5) is 0 Å². The van der Waals surface area contributed by atoms with Crippen molar-refractivity contribution in [1.82, 2.24) is 5.32 Å². The van der Waals surface area contributed by atoms with Crippen molar-refractivity contribution in [2.24, 2.45) is 11.7 Å². The third-order valence-corrected chi connectivity index (χ3v) is 1.15. The minimum atomic E-state index is 0. The molecule has 0 aromatic rings. The van der Waals surface area contributed by atoms with Gasteiger partial charge in [0, 0.05) is 0 Å². The molecule has 0 aromatic carbocycles. The molecule has 0 aliphatic carbocycles. The molecule has 58 valence electrons. The van der Waals surface area contributed by atoms with E-state index in [9.17, 15) is 0 Å². The first-order chi connectivity index (χ1) is 3.81. The largest absolute Gasteiger partial charge is 0.330 e. The summed E-state index contributed by atoms with van der Waals surface area (Å²) in [6.45, 7) is 7.12. The van der Waals surface area contributed by atoms with Crippen LogP contribution in [0.5, 0.6) is 0 Å². The molecule has 9 heavy (non-hydrogen) atoms. The van der Waals surface area contributed by atoms with Crippen LogP contribution in [0.3, 0.4) is 0 Å². The van der Waals surface area contributed by atoms with Crippen LogP contribution in [-0.4, -0.2) is 19.6 Å². The summed E-state index contributed by atoms with van der Waals surface area (Å²) in [5, 5.41) is 3.22. The van der Waals surface area contributed by atoms with E-state index in [1.807, 2.05) is 0 Å². The molecule has 0 aromatic heterocycles. The van der Waals surface area contributed by atoms with Crippen LogP contribution in [0.2, 0.25) is 0 Å². The molecule has 0 aliphatic heterocycles. The van der Waals surface area contributed by atoms with Crippen LogP contribution in [0.1, 0.15) is 21.3 Å². The van der Waals surface area contributed by atoms with Gasteiger partial charge in [-0.1, -0.05) is 21.3 Å². The quantitative estimate of drug-likeness (QED) is 0.594. The summed E-state index contributed by atoms with van der Waals surface area (Å²) in [7, 11) is 0. The Morgan fingerprint density at radius 3 is 2.44 bits per heavy atom. The third-order valence-electron chi connectivity index (χ3n) is 1.15. The van der Waals surface area contributed by atoms with E-state index in [1.165, 1.54) is 0 Å². The van der Waals surface area contributed by atoms with Crippen molar-refractivity contribution < 1.29 is 0 Å². The standard InChI is InChI=1S/C6H16N2.CH4/c1-3-8-5-6(2)4-7;/h6,8H,3-5,7H2,1-2H3;1H4. The Balaban J connectivity index is 0. The Bertz CT molecular complexity index is 46.2. The molecule has 0 fully saturated rings. The summed E-state index contributed by atoms with van der Waals surface area (Å²) in [6, 6.07) is 0. The Morgan fingerprint density at radius 1 is 1.56 bits per heavy atom. The van der Waals surface area contributed by atoms with Gasteiger partial charge in [-0.25, -0.2) is 0 Å². The van der Waals surface area contributed by atoms with Crippen molar-refractivity contribution in [2.75, 3.05) is 19.6 Å². The van der Waals surface area contributed by atoms with Gasteiger partial charge < -0.3 is 11.1 Å². The van der Waals surface area contributed by atoms with Gasteiger partial charge in [0.1, 0.15) is 0 Å². The first-order valence-corrected chi connectivity index (χ1v) is 3.22. The average Bonchev–Trinajstić information content (AvgIpc) is 1.83. The van der Waals surface area contributed by atoms with Gasteiger partial charge in [-0.3, -0.25) is 0 Å². The maximum Gasteiger partial charge on any atom is -0.00112 e. The van der Waals surface area contributed by atoms with Crippen molar-refractivity contribution in [3.8, 4) is 0 Å². The topological polar surface area (TPSA) is 38.0 Å². The van der Waals surface area contributed by atoms with Crippen molar-refractivity contribution in [3.63, 3.8) is 0 Å². The molecule has 2 heteroatoms. The van der Waals surface area contributed by atoms with E-state index in [2.05, 4.69) is 19.2 Å². The predicted octanol–water partition coefficient (Wildman–Crippen LogP) is 0.827. The van der Waals surface area contributed by atoms with E-state index in [1.54, 1.807) is 0 Å². The van der Waals surface area contributed by atoms with Crippen LogP contribution in [-0.2, 0) is 0 Å². The average molecular weight is 132 g/mol. The first kappa shape index (κ1) is 11.7.